The Bertz CT molecular complexity index is 200. The van der Waals surface area contributed by atoms with Crippen LogP contribution >= 0.6 is 15.8 Å². The van der Waals surface area contributed by atoms with Crippen molar-refractivity contribution in [1.82, 2.24) is 5.48 Å². The molecule has 0 fully saturated rings. The van der Waals surface area contributed by atoms with Crippen LogP contribution in [0.15, 0.2) is 0 Å². The Balaban J connectivity index is 4.50. The van der Waals surface area contributed by atoms with E-state index in [-0.39, 0.29) is 0 Å². The summed E-state index contributed by atoms with van der Waals surface area (Å²) in [6.45, 7) is 1.73. The molecule has 0 unspecified atom stereocenters. The fourth-order valence-electron chi connectivity index (χ4n) is 0.821. The molecule has 14 heavy (non-hydrogen) atoms. The normalized spacial score (nSPS) is 17.8. The van der Waals surface area contributed by atoms with Crippen molar-refractivity contribution in [3.05, 3.63) is 0 Å². The quantitative estimate of drug-likeness (QED) is 0.515. The van der Waals surface area contributed by atoms with E-state index in [1.807, 2.05) is 0 Å². The van der Waals surface area contributed by atoms with E-state index < -0.39 is 15.8 Å². The zero-order valence-corrected chi connectivity index (χ0v) is 10.5. The average Bonchev–Trinajstić information content (AvgIpc) is 2.14. The summed E-state index contributed by atoms with van der Waals surface area (Å²) in [5.41, 5.74) is 2.08. The number of hydrogen-bond donors (Lipinski definition) is 2. The molecule has 0 rings (SSSR count). The molecule has 0 amide bonds. The summed E-state index contributed by atoms with van der Waals surface area (Å²) in [5, 5.41) is 0. The van der Waals surface area contributed by atoms with Crippen LogP contribution in [-0.2, 0) is 22.5 Å². The van der Waals surface area contributed by atoms with Gasteiger partial charge in [0.1, 0.15) is 0 Å². The average molecular weight is 249 g/mol. The van der Waals surface area contributed by atoms with Gasteiger partial charge < -0.3 is 0 Å². The molecule has 0 spiro atoms. The van der Waals surface area contributed by atoms with E-state index in [1.165, 1.54) is 21.3 Å². The Morgan fingerprint density at radius 2 is 1.93 bits per heavy atom. The van der Waals surface area contributed by atoms with Crippen molar-refractivity contribution in [2.24, 2.45) is 0 Å². The van der Waals surface area contributed by atoms with Gasteiger partial charge in [-0.3, -0.25) is 0 Å². The fourth-order valence-corrected chi connectivity index (χ4v) is 4.46. The molecular formula is C5H17NO6P2. The zero-order chi connectivity index (χ0) is 11.2. The topological polar surface area (TPSA) is 86.3 Å². The molecule has 0 aliphatic heterocycles. The number of nitrogens with one attached hydrogen (secondary N) is 1. The second kappa shape index (κ2) is 6.10. The fraction of sp³-hybridized carbons (Fsp3) is 1.00. The van der Waals surface area contributed by atoms with Crippen LogP contribution in [0.1, 0.15) is 6.92 Å². The second-order valence-corrected chi connectivity index (χ2v) is 7.04. The number of rotatable bonds is 7. The summed E-state index contributed by atoms with van der Waals surface area (Å²) in [7, 11) is -3.16. The molecule has 0 aliphatic rings. The SMILES string of the molecule is CC[PH](OC)(OC)O[P@](=O)(O)ONC. The monoisotopic (exact) mass is 249 g/mol. The van der Waals surface area contributed by atoms with Crippen molar-refractivity contribution in [2.75, 3.05) is 27.4 Å². The van der Waals surface area contributed by atoms with Crippen molar-refractivity contribution < 1.29 is 27.4 Å². The predicted octanol–water partition coefficient (Wildman–Crippen LogP) is 1.06. The van der Waals surface area contributed by atoms with Gasteiger partial charge in [0.15, 0.2) is 0 Å². The standard InChI is InChI=1S/C5H17NO6P2/c1-5-13(9-3,10-4)12-14(7,8)11-6-2/h6,13H,5H2,1-4H3,(H,7,8). The number of hydrogen-bond acceptors (Lipinski definition) is 6. The Morgan fingerprint density at radius 1 is 1.43 bits per heavy atom. The van der Waals surface area contributed by atoms with Crippen molar-refractivity contribution in [1.29, 1.82) is 0 Å². The molecule has 1 atom stereocenters. The van der Waals surface area contributed by atoms with Crippen molar-refractivity contribution in [2.45, 2.75) is 6.92 Å². The van der Waals surface area contributed by atoms with Gasteiger partial charge in [-0.05, 0) is 0 Å². The van der Waals surface area contributed by atoms with Crippen LogP contribution in [0.2, 0.25) is 0 Å². The van der Waals surface area contributed by atoms with Gasteiger partial charge >= 0.3 is 83.0 Å². The molecule has 0 radical (unpaired) electrons. The first kappa shape index (κ1) is 14.4. The minimum absolute atomic E-state index is 0.373. The first-order chi connectivity index (χ1) is 6.45. The summed E-state index contributed by atoms with van der Waals surface area (Å²) in [5.74, 6) is 0. The van der Waals surface area contributed by atoms with Crippen molar-refractivity contribution >= 4 is 15.8 Å². The summed E-state index contributed by atoms with van der Waals surface area (Å²) < 4.78 is 30.3. The Morgan fingerprint density at radius 3 is 2.21 bits per heavy atom. The van der Waals surface area contributed by atoms with Crippen molar-refractivity contribution in [3.63, 3.8) is 0 Å². The van der Waals surface area contributed by atoms with Gasteiger partial charge in [0.25, 0.3) is 0 Å². The summed E-state index contributed by atoms with van der Waals surface area (Å²) in [6.07, 6.45) is 0.373. The van der Waals surface area contributed by atoms with E-state index in [1.54, 1.807) is 6.92 Å². The van der Waals surface area contributed by atoms with E-state index in [0.29, 0.717) is 6.16 Å². The van der Waals surface area contributed by atoms with Gasteiger partial charge in [0.05, 0.1) is 0 Å². The molecule has 7 nitrogen and oxygen atoms in total. The van der Waals surface area contributed by atoms with Crippen molar-refractivity contribution in [3.8, 4) is 0 Å². The van der Waals surface area contributed by atoms with Crippen LogP contribution < -0.4 is 5.48 Å². The third-order valence-electron chi connectivity index (χ3n) is 1.52. The molecule has 0 saturated carbocycles. The molecule has 9 heteroatoms. The third-order valence-corrected chi connectivity index (χ3v) is 6.08. The van der Waals surface area contributed by atoms with Gasteiger partial charge in [-0.25, -0.2) is 0 Å². The maximum absolute atomic E-state index is 11.2. The molecule has 0 saturated heterocycles. The Labute approximate surface area is 83.8 Å². The van der Waals surface area contributed by atoms with Gasteiger partial charge in [-0.15, -0.1) is 0 Å². The maximum atomic E-state index is 11.2. The molecule has 0 aromatic carbocycles. The van der Waals surface area contributed by atoms with Crippen LogP contribution in [0.5, 0.6) is 0 Å². The van der Waals surface area contributed by atoms with Crippen LogP contribution in [-0.4, -0.2) is 32.3 Å². The zero-order valence-electron chi connectivity index (χ0n) is 8.64. The number of hydroxylamine groups is 1. The van der Waals surface area contributed by atoms with E-state index in [0.717, 1.165) is 0 Å². The molecular weight excluding hydrogens is 232 g/mol. The third kappa shape index (κ3) is 4.29. The van der Waals surface area contributed by atoms with E-state index >= 15 is 0 Å². The summed E-state index contributed by atoms with van der Waals surface area (Å²) >= 11 is 0. The molecule has 0 bridgehead atoms. The van der Waals surface area contributed by atoms with E-state index in [4.69, 9.17) is 18.3 Å². The molecule has 0 aromatic rings. The van der Waals surface area contributed by atoms with Gasteiger partial charge in [-0.1, -0.05) is 0 Å². The predicted molar refractivity (Wildman–Crippen MR) is 53.9 cm³/mol. The van der Waals surface area contributed by atoms with Gasteiger partial charge in [0, 0.05) is 0 Å². The van der Waals surface area contributed by atoms with Gasteiger partial charge in [-0.2, -0.15) is 0 Å². The molecule has 2 N–H and O–H groups in total. The molecule has 0 heterocycles. The van der Waals surface area contributed by atoms with Crippen LogP contribution in [0, 0.1) is 0 Å². The Hall–Kier alpha value is 0.420. The van der Waals surface area contributed by atoms with Gasteiger partial charge in [0.2, 0.25) is 0 Å². The first-order valence-corrected chi connectivity index (χ1v) is 7.37. The summed E-state index contributed by atoms with van der Waals surface area (Å²) in [6, 6.07) is 0. The second-order valence-electron chi connectivity index (χ2n) is 2.30. The molecule has 0 aliphatic carbocycles. The van der Waals surface area contributed by atoms with E-state index in [9.17, 15) is 4.57 Å². The number of phosphoric acid groups is 1. The first-order valence-electron chi connectivity index (χ1n) is 3.94. The Kier molecular flexibility index (Phi) is 6.28. The molecule has 88 valence electrons. The summed E-state index contributed by atoms with van der Waals surface area (Å²) in [4.78, 5) is 9.17. The van der Waals surface area contributed by atoms with E-state index in [2.05, 4.69) is 10.1 Å². The van der Waals surface area contributed by atoms with Crippen LogP contribution in [0.25, 0.3) is 0 Å². The molecule has 0 aromatic heterocycles. The minimum atomic E-state index is -4.16. The van der Waals surface area contributed by atoms with Crippen LogP contribution in [0.3, 0.4) is 0 Å². The van der Waals surface area contributed by atoms with Crippen LogP contribution in [0.4, 0.5) is 0 Å².